The minimum atomic E-state index is -4.82. The van der Waals surface area contributed by atoms with E-state index in [-0.39, 0.29) is 41.0 Å². The molecule has 0 spiro atoms. The second-order valence-corrected chi connectivity index (χ2v) is 11.5. The lowest BCUT2D eigenvalue weighted by molar-refractivity contribution is -0.229. The molecule has 3 rings (SSSR count). The number of anilines is 2. The SMILES string of the molecule is CC(=O)NCC1CN(S(=O)(=O)c2ccc(F)cc2)c2cc(NC(=O)OC(C(C)(C)C)C(F)(F)F)ccc2O1. The Labute approximate surface area is 217 Å². The molecule has 1 heterocycles. The average Bonchev–Trinajstić information content (AvgIpc) is 2.79. The quantitative estimate of drug-likeness (QED) is 0.504. The van der Waals surface area contributed by atoms with Gasteiger partial charge in [0, 0.05) is 18.0 Å². The molecule has 0 saturated carbocycles. The van der Waals surface area contributed by atoms with Crippen molar-refractivity contribution in [3.63, 3.8) is 0 Å². The standard InChI is InChI=1S/C24H27F4N3O6S/c1-14(32)29-12-17-13-31(38(34,35)18-8-5-15(25)6-9-18)19-11-16(7-10-20(19)36-17)30-22(33)37-21(23(2,3)4)24(26,27)28/h5-11,17,21H,12-13H2,1-4H3,(H,29,32)(H,30,33). The number of ether oxygens (including phenoxy) is 2. The van der Waals surface area contributed by atoms with Gasteiger partial charge in [-0.25, -0.2) is 17.6 Å². The third-order valence-corrected chi connectivity index (χ3v) is 7.22. The number of hydrogen-bond donors (Lipinski definition) is 2. The van der Waals surface area contributed by atoms with Crippen LogP contribution in [0, 0.1) is 11.2 Å². The third kappa shape index (κ3) is 6.85. The number of carbonyl (C=O) groups excluding carboxylic acids is 2. The largest absolute Gasteiger partial charge is 0.484 e. The molecule has 208 valence electrons. The smallest absolute Gasteiger partial charge is 0.426 e. The van der Waals surface area contributed by atoms with E-state index in [1.807, 2.05) is 0 Å². The van der Waals surface area contributed by atoms with Crippen LogP contribution in [0.25, 0.3) is 0 Å². The molecule has 2 aromatic rings. The third-order valence-electron chi connectivity index (χ3n) is 5.43. The molecular formula is C24H27F4N3O6S. The van der Waals surface area contributed by atoms with Crippen LogP contribution in [0.1, 0.15) is 27.7 Å². The summed E-state index contributed by atoms with van der Waals surface area (Å²) in [6, 6.07) is 7.92. The Bertz CT molecular complexity index is 1280. The van der Waals surface area contributed by atoms with Gasteiger partial charge in [-0.15, -0.1) is 0 Å². The van der Waals surface area contributed by atoms with Gasteiger partial charge < -0.3 is 14.8 Å². The lowest BCUT2D eigenvalue weighted by Crippen LogP contribution is -2.48. The number of hydrogen-bond acceptors (Lipinski definition) is 6. The summed E-state index contributed by atoms with van der Waals surface area (Å²) in [6.07, 6.45) is -9.41. The fourth-order valence-electron chi connectivity index (χ4n) is 3.70. The molecule has 14 heteroatoms. The van der Waals surface area contributed by atoms with Crippen molar-refractivity contribution in [2.45, 2.75) is 51.0 Å². The van der Waals surface area contributed by atoms with Gasteiger partial charge in [0.2, 0.25) is 12.0 Å². The van der Waals surface area contributed by atoms with Gasteiger partial charge in [0.15, 0.2) is 0 Å². The van der Waals surface area contributed by atoms with Crippen molar-refractivity contribution in [3.8, 4) is 5.75 Å². The molecule has 2 atom stereocenters. The van der Waals surface area contributed by atoms with Gasteiger partial charge in [0.05, 0.1) is 23.7 Å². The van der Waals surface area contributed by atoms with Crippen molar-refractivity contribution in [2.24, 2.45) is 5.41 Å². The predicted molar refractivity (Wildman–Crippen MR) is 130 cm³/mol. The van der Waals surface area contributed by atoms with Gasteiger partial charge in [-0.3, -0.25) is 14.4 Å². The van der Waals surface area contributed by atoms with E-state index in [4.69, 9.17) is 4.74 Å². The number of halogens is 4. The highest BCUT2D eigenvalue weighted by Crippen LogP contribution is 2.40. The van der Waals surface area contributed by atoms with Crippen LogP contribution in [-0.4, -0.2) is 51.9 Å². The minimum Gasteiger partial charge on any atom is -0.484 e. The Kier molecular flexibility index (Phi) is 8.15. The zero-order valence-corrected chi connectivity index (χ0v) is 21.7. The Morgan fingerprint density at radius 1 is 1.13 bits per heavy atom. The lowest BCUT2D eigenvalue weighted by atomic mass is 9.88. The van der Waals surface area contributed by atoms with Crippen LogP contribution < -0.4 is 19.7 Å². The van der Waals surface area contributed by atoms with Crippen LogP contribution in [-0.2, 0) is 19.6 Å². The van der Waals surface area contributed by atoms with E-state index in [1.165, 1.54) is 45.9 Å². The normalized spacial score (nSPS) is 16.6. The highest BCUT2D eigenvalue weighted by Gasteiger charge is 2.50. The summed E-state index contributed by atoms with van der Waals surface area (Å²) >= 11 is 0. The first-order valence-electron chi connectivity index (χ1n) is 11.4. The molecule has 0 bridgehead atoms. The summed E-state index contributed by atoms with van der Waals surface area (Å²) in [6.45, 7) is 4.80. The van der Waals surface area contributed by atoms with Crippen LogP contribution in [0.2, 0.25) is 0 Å². The first-order valence-corrected chi connectivity index (χ1v) is 12.8. The summed E-state index contributed by atoms with van der Waals surface area (Å²) in [4.78, 5) is 23.5. The number of nitrogens with zero attached hydrogens (tertiary/aromatic N) is 1. The maximum atomic E-state index is 13.5. The predicted octanol–water partition coefficient (Wildman–Crippen LogP) is 4.44. The molecule has 0 radical (unpaired) electrons. The maximum Gasteiger partial charge on any atom is 0.426 e. The van der Waals surface area contributed by atoms with E-state index in [9.17, 15) is 35.6 Å². The number of sulfonamides is 1. The molecule has 38 heavy (non-hydrogen) atoms. The van der Waals surface area contributed by atoms with Crippen LogP contribution >= 0.6 is 0 Å². The van der Waals surface area contributed by atoms with E-state index in [0.717, 1.165) is 28.6 Å². The highest BCUT2D eigenvalue weighted by molar-refractivity contribution is 7.92. The molecule has 2 N–H and O–H groups in total. The van der Waals surface area contributed by atoms with Crippen molar-refractivity contribution in [2.75, 3.05) is 22.7 Å². The molecule has 9 nitrogen and oxygen atoms in total. The number of carbonyl (C=O) groups is 2. The van der Waals surface area contributed by atoms with E-state index in [2.05, 4.69) is 15.4 Å². The number of amides is 2. The van der Waals surface area contributed by atoms with Gasteiger partial charge in [-0.2, -0.15) is 13.2 Å². The number of benzene rings is 2. The maximum absolute atomic E-state index is 13.5. The monoisotopic (exact) mass is 561 g/mol. The Hall–Kier alpha value is -3.55. The highest BCUT2D eigenvalue weighted by atomic mass is 32.2. The van der Waals surface area contributed by atoms with Gasteiger partial charge >= 0.3 is 12.3 Å². The molecule has 0 aromatic heterocycles. The molecule has 0 aliphatic carbocycles. The molecule has 1 aliphatic heterocycles. The molecule has 2 amide bonds. The van der Waals surface area contributed by atoms with Gasteiger partial charge in [0.25, 0.3) is 10.0 Å². The van der Waals surface area contributed by atoms with Crippen molar-refractivity contribution >= 4 is 33.4 Å². The molecule has 1 aliphatic rings. The number of nitrogens with one attached hydrogen (secondary N) is 2. The lowest BCUT2D eigenvalue weighted by Gasteiger charge is -2.36. The number of rotatable bonds is 6. The molecular weight excluding hydrogens is 534 g/mol. The van der Waals surface area contributed by atoms with E-state index in [1.54, 1.807) is 0 Å². The first-order chi connectivity index (χ1) is 17.5. The van der Waals surface area contributed by atoms with Crippen molar-refractivity contribution in [1.82, 2.24) is 5.32 Å². The fraction of sp³-hybridized carbons (Fsp3) is 0.417. The zero-order valence-electron chi connectivity index (χ0n) is 20.9. The summed E-state index contributed by atoms with van der Waals surface area (Å²) in [5.41, 5.74) is -1.54. The van der Waals surface area contributed by atoms with Crippen LogP contribution in [0.4, 0.5) is 33.7 Å². The number of fused-ring (bicyclic) bond motifs is 1. The number of alkyl halides is 3. The van der Waals surface area contributed by atoms with Crippen molar-refractivity contribution in [1.29, 1.82) is 0 Å². The summed E-state index contributed by atoms with van der Waals surface area (Å²) in [7, 11) is -4.29. The Morgan fingerprint density at radius 3 is 2.32 bits per heavy atom. The second kappa shape index (κ2) is 10.7. The topological polar surface area (TPSA) is 114 Å². The molecule has 0 saturated heterocycles. The summed E-state index contributed by atoms with van der Waals surface area (Å²) in [5.74, 6) is -0.941. The second-order valence-electron chi connectivity index (χ2n) is 9.67. The van der Waals surface area contributed by atoms with Gasteiger partial charge in [-0.1, -0.05) is 20.8 Å². The summed E-state index contributed by atoms with van der Waals surface area (Å²) < 4.78 is 92.0. The average molecular weight is 562 g/mol. The van der Waals surface area contributed by atoms with Gasteiger partial charge in [0.1, 0.15) is 17.7 Å². The molecule has 0 fully saturated rings. The van der Waals surface area contributed by atoms with Crippen molar-refractivity contribution < 1.29 is 45.0 Å². The van der Waals surface area contributed by atoms with E-state index >= 15 is 0 Å². The van der Waals surface area contributed by atoms with Crippen molar-refractivity contribution in [3.05, 3.63) is 48.3 Å². The molecule has 2 aromatic carbocycles. The minimum absolute atomic E-state index is 0.0256. The van der Waals surface area contributed by atoms with Crippen LogP contribution in [0.3, 0.4) is 0 Å². The van der Waals surface area contributed by atoms with E-state index < -0.39 is 45.7 Å². The fourth-order valence-corrected chi connectivity index (χ4v) is 5.20. The zero-order chi connectivity index (χ0) is 28.5. The Morgan fingerprint density at radius 2 is 1.76 bits per heavy atom. The van der Waals surface area contributed by atoms with Crippen LogP contribution in [0.15, 0.2) is 47.4 Å². The Balaban J connectivity index is 1.94. The van der Waals surface area contributed by atoms with E-state index in [0.29, 0.717) is 0 Å². The molecule has 2 unspecified atom stereocenters. The summed E-state index contributed by atoms with van der Waals surface area (Å²) in [5, 5.41) is 4.74. The first kappa shape index (κ1) is 29.0. The van der Waals surface area contributed by atoms with Crippen LogP contribution in [0.5, 0.6) is 5.75 Å². The van der Waals surface area contributed by atoms with Gasteiger partial charge in [-0.05, 0) is 42.5 Å².